The van der Waals surface area contributed by atoms with Crippen LogP contribution in [0, 0.1) is 13.8 Å². The second-order valence-electron chi connectivity index (χ2n) is 6.38. The number of aryl methyl sites for hydroxylation is 2. The van der Waals surface area contributed by atoms with E-state index < -0.39 is 0 Å². The summed E-state index contributed by atoms with van der Waals surface area (Å²) in [7, 11) is 0. The zero-order chi connectivity index (χ0) is 19.6. The maximum absolute atomic E-state index is 13.2. The number of nitrogens with zero attached hydrogens (tertiary/aromatic N) is 1. The van der Waals surface area contributed by atoms with Crippen molar-refractivity contribution in [3.8, 4) is 0 Å². The van der Waals surface area contributed by atoms with Crippen molar-refractivity contribution in [2.24, 2.45) is 0 Å². The summed E-state index contributed by atoms with van der Waals surface area (Å²) in [5.74, 6) is -0.316. The molecule has 0 atom stereocenters. The van der Waals surface area contributed by atoms with Gasteiger partial charge in [0.05, 0.1) is 23.6 Å². The zero-order valence-electron chi connectivity index (χ0n) is 15.2. The summed E-state index contributed by atoms with van der Waals surface area (Å²) in [6, 6.07) is 13.0. The van der Waals surface area contributed by atoms with E-state index in [4.69, 9.17) is 11.6 Å². The summed E-state index contributed by atoms with van der Waals surface area (Å²) in [6.07, 6.45) is 0. The topological polar surface area (TPSA) is 57.6 Å². The molecular weight excluding hydrogens is 382 g/mol. The van der Waals surface area contributed by atoms with E-state index in [1.165, 1.54) is 16.7 Å². The third-order valence-electron chi connectivity index (χ3n) is 4.40. The number of hydrogen-bond donors (Lipinski definition) is 1. The summed E-state index contributed by atoms with van der Waals surface area (Å²) >= 11 is 7.43. The van der Waals surface area contributed by atoms with Crippen molar-refractivity contribution in [3.05, 3.63) is 74.6 Å². The molecule has 2 aromatic carbocycles. The van der Waals surface area contributed by atoms with Crippen LogP contribution in [-0.4, -0.2) is 34.2 Å². The first-order chi connectivity index (χ1) is 12.9. The van der Waals surface area contributed by atoms with Gasteiger partial charge in [0.15, 0.2) is 0 Å². The second kappa shape index (κ2) is 8.30. The monoisotopic (exact) mass is 401 g/mol. The Morgan fingerprint density at radius 2 is 1.81 bits per heavy atom. The van der Waals surface area contributed by atoms with Crippen LogP contribution in [0.15, 0.2) is 47.4 Å². The molecule has 0 saturated heterocycles. The Labute approximate surface area is 167 Å². The molecule has 6 heteroatoms. The molecule has 3 rings (SSSR count). The number of thioether (sulfide) groups is 1. The number of aliphatic hydroxyl groups excluding tert-OH is 1. The van der Waals surface area contributed by atoms with Crippen LogP contribution in [-0.2, 0) is 16.1 Å². The van der Waals surface area contributed by atoms with Gasteiger partial charge in [0.25, 0.3) is 11.8 Å². The van der Waals surface area contributed by atoms with Gasteiger partial charge >= 0.3 is 0 Å². The minimum absolute atomic E-state index is 0.0691. The number of hydrogen-bond acceptors (Lipinski definition) is 4. The predicted octanol–water partition coefficient (Wildman–Crippen LogP) is 3.96. The van der Waals surface area contributed by atoms with Gasteiger partial charge in [0.1, 0.15) is 0 Å². The number of amides is 2. The van der Waals surface area contributed by atoms with Gasteiger partial charge in [0.2, 0.25) is 0 Å². The van der Waals surface area contributed by atoms with Crippen molar-refractivity contribution in [3.63, 3.8) is 0 Å². The Morgan fingerprint density at radius 1 is 1.07 bits per heavy atom. The SMILES string of the molecule is Cc1ccc(C2=C(SCCO)C(=O)N(Cc3ccccc3Cl)C2=O)c(C)c1. The molecule has 2 amide bonds. The predicted molar refractivity (Wildman–Crippen MR) is 109 cm³/mol. The van der Waals surface area contributed by atoms with Gasteiger partial charge in [-0.3, -0.25) is 14.5 Å². The highest BCUT2D eigenvalue weighted by Gasteiger charge is 2.39. The molecule has 0 radical (unpaired) electrons. The molecule has 1 heterocycles. The van der Waals surface area contributed by atoms with Crippen LogP contribution >= 0.6 is 23.4 Å². The Hall–Kier alpha value is -2.08. The number of imide groups is 1. The van der Waals surface area contributed by atoms with Crippen LogP contribution in [0.4, 0.5) is 0 Å². The molecule has 0 aromatic heterocycles. The number of aliphatic hydroxyl groups is 1. The van der Waals surface area contributed by atoms with Crippen LogP contribution in [0.2, 0.25) is 5.02 Å². The highest BCUT2D eigenvalue weighted by atomic mass is 35.5. The van der Waals surface area contributed by atoms with E-state index in [1.807, 2.05) is 38.1 Å². The average Bonchev–Trinajstić information content (AvgIpc) is 2.86. The first kappa shape index (κ1) is 19.7. The first-order valence-corrected chi connectivity index (χ1v) is 9.95. The maximum Gasteiger partial charge on any atom is 0.268 e. The van der Waals surface area contributed by atoms with Crippen LogP contribution < -0.4 is 0 Å². The normalized spacial score (nSPS) is 14.4. The van der Waals surface area contributed by atoms with Gasteiger partial charge in [-0.15, -0.1) is 11.8 Å². The van der Waals surface area contributed by atoms with Crippen LogP contribution in [0.5, 0.6) is 0 Å². The summed E-state index contributed by atoms with van der Waals surface area (Å²) in [4.78, 5) is 27.8. The largest absolute Gasteiger partial charge is 0.396 e. The number of carbonyl (C=O) groups excluding carboxylic acids is 2. The smallest absolute Gasteiger partial charge is 0.268 e. The van der Waals surface area contributed by atoms with E-state index in [9.17, 15) is 14.7 Å². The molecule has 27 heavy (non-hydrogen) atoms. The van der Waals surface area contributed by atoms with E-state index in [1.54, 1.807) is 18.2 Å². The van der Waals surface area contributed by atoms with E-state index in [0.717, 1.165) is 16.7 Å². The fourth-order valence-corrected chi connectivity index (χ4v) is 4.17. The molecule has 1 N–H and O–H groups in total. The van der Waals surface area contributed by atoms with Gasteiger partial charge in [-0.1, -0.05) is 53.6 Å². The minimum atomic E-state index is -0.339. The lowest BCUT2D eigenvalue weighted by Crippen LogP contribution is -2.31. The molecular formula is C21H20ClNO3S. The number of carbonyl (C=O) groups is 2. The Bertz CT molecular complexity index is 939. The van der Waals surface area contributed by atoms with Gasteiger partial charge in [0, 0.05) is 10.8 Å². The Balaban J connectivity index is 2.02. The van der Waals surface area contributed by atoms with E-state index in [2.05, 4.69) is 0 Å². The third-order valence-corrected chi connectivity index (χ3v) is 5.82. The van der Waals surface area contributed by atoms with E-state index >= 15 is 0 Å². The zero-order valence-corrected chi connectivity index (χ0v) is 16.7. The molecule has 0 fully saturated rings. The number of halogens is 1. The quantitative estimate of drug-likeness (QED) is 0.744. The molecule has 4 nitrogen and oxygen atoms in total. The lowest BCUT2D eigenvalue weighted by atomic mass is 9.99. The number of benzene rings is 2. The number of rotatable bonds is 6. The molecule has 2 aromatic rings. The van der Waals surface area contributed by atoms with Gasteiger partial charge < -0.3 is 5.11 Å². The van der Waals surface area contributed by atoms with Crippen molar-refractivity contribution in [1.82, 2.24) is 4.90 Å². The van der Waals surface area contributed by atoms with Crippen LogP contribution in [0.3, 0.4) is 0 Å². The summed E-state index contributed by atoms with van der Waals surface area (Å²) in [5.41, 5.74) is 3.90. The highest BCUT2D eigenvalue weighted by Crippen LogP contribution is 2.38. The van der Waals surface area contributed by atoms with E-state index in [0.29, 0.717) is 26.8 Å². The van der Waals surface area contributed by atoms with Crippen molar-refractivity contribution < 1.29 is 14.7 Å². The summed E-state index contributed by atoms with van der Waals surface area (Å²) in [6.45, 7) is 3.96. The minimum Gasteiger partial charge on any atom is -0.396 e. The summed E-state index contributed by atoms with van der Waals surface area (Å²) in [5, 5.41) is 9.71. The Kier molecular flexibility index (Phi) is 6.05. The third kappa shape index (κ3) is 3.95. The van der Waals surface area contributed by atoms with Crippen molar-refractivity contribution in [1.29, 1.82) is 0 Å². The summed E-state index contributed by atoms with van der Waals surface area (Å²) < 4.78 is 0. The first-order valence-electron chi connectivity index (χ1n) is 8.59. The van der Waals surface area contributed by atoms with E-state index in [-0.39, 0.29) is 25.0 Å². The Morgan fingerprint density at radius 3 is 2.48 bits per heavy atom. The molecule has 0 aliphatic carbocycles. The lowest BCUT2D eigenvalue weighted by Gasteiger charge is -2.16. The molecule has 0 unspecified atom stereocenters. The molecule has 1 aliphatic heterocycles. The molecule has 0 bridgehead atoms. The second-order valence-corrected chi connectivity index (χ2v) is 7.89. The maximum atomic E-state index is 13.2. The average molecular weight is 402 g/mol. The standard InChI is InChI=1S/C21H20ClNO3S/c1-13-7-8-16(14(2)11-13)18-19(27-10-9-24)21(26)23(20(18)25)12-15-5-3-4-6-17(15)22/h3-8,11,24H,9-10,12H2,1-2H3. The van der Waals surface area contributed by atoms with Gasteiger partial charge in [-0.2, -0.15) is 0 Å². The molecule has 0 saturated carbocycles. The van der Waals surface area contributed by atoms with Crippen LogP contribution in [0.1, 0.15) is 22.3 Å². The van der Waals surface area contributed by atoms with Gasteiger partial charge in [-0.05, 0) is 36.6 Å². The van der Waals surface area contributed by atoms with Crippen LogP contribution in [0.25, 0.3) is 5.57 Å². The fourth-order valence-electron chi connectivity index (χ4n) is 3.11. The van der Waals surface area contributed by atoms with Crippen molar-refractivity contribution >= 4 is 40.8 Å². The molecule has 140 valence electrons. The fraction of sp³-hybridized carbons (Fsp3) is 0.238. The van der Waals surface area contributed by atoms with Gasteiger partial charge in [-0.25, -0.2) is 0 Å². The lowest BCUT2D eigenvalue weighted by molar-refractivity contribution is -0.137. The highest BCUT2D eigenvalue weighted by molar-refractivity contribution is 8.04. The molecule has 1 aliphatic rings. The van der Waals surface area contributed by atoms with Crippen molar-refractivity contribution in [2.45, 2.75) is 20.4 Å². The van der Waals surface area contributed by atoms with Crippen molar-refractivity contribution in [2.75, 3.05) is 12.4 Å². The molecule has 0 spiro atoms.